The van der Waals surface area contributed by atoms with Crippen molar-refractivity contribution in [2.45, 2.75) is 6.54 Å². The molecule has 0 aliphatic heterocycles. The average molecular weight is 288 g/mol. The van der Waals surface area contributed by atoms with Gasteiger partial charge in [-0.15, -0.1) is 4.91 Å². The number of nitroso groups, excluding NO2 is 1. The minimum Gasteiger partial charge on any atom is -0.493 e. The number of aromatic nitrogens is 1. The third-order valence-corrected chi connectivity index (χ3v) is 3.32. The van der Waals surface area contributed by atoms with E-state index >= 15 is 0 Å². The molecule has 21 heavy (non-hydrogen) atoms. The Morgan fingerprint density at radius 1 is 1.05 bits per heavy atom. The predicted octanol–water partition coefficient (Wildman–Crippen LogP) is 4.07. The van der Waals surface area contributed by atoms with E-state index in [1.165, 1.54) is 28.8 Å². The maximum absolute atomic E-state index is 13.3. The molecule has 0 amide bonds. The Hall–Kier alpha value is -2.76. The SMILES string of the molecule is O=Nc1c(O)n(Cc2ccc(F)cc2)c2ccc(F)cc12. The number of aromatic hydroxyl groups is 1. The lowest BCUT2D eigenvalue weighted by molar-refractivity contribution is 0.430. The summed E-state index contributed by atoms with van der Waals surface area (Å²) in [6.45, 7) is 0.212. The third kappa shape index (κ3) is 2.24. The highest BCUT2D eigenvalue weighted by molar-refractivity contribution is 5.95. The second kappa shape index (κ2) is 4.97. The van der Waals surface area contributed by atoms with Gasteiger partial charge >= 0.3 is 0 Å². The highest BCUT2D eigenvalue weighted by Crippen LogP contribution is 2.39. The molecule has 0 aliphatic rings. The minimum atomic E-state index is -0.522. The van der Waals surface area contributed by atoms with Crippen LogP contribution in [0.3, 0.4) is 0 Å². The molecule has 0 aliphatic carbocycles. The van der Waals surface area contributed by atoms with Crippen LogP contribution in [-0.2, 0) is 6.54 Å². The summed E-state index contributed by atoms with van der Waals surface area (Å²) in [7, 11) is 0. The van der Waals surface area contributed by atoms with Gasteiger partial charge < -0.3 is 9.67 Å². The van der Waals surface area contributed by atoms with Gasteiger partial charge in [0.25, 0.3) is 0 Å². The van der Waals surface area contributed by atoms with Gasteiger partial charge in [0.15, 0.2) is 5.69 Å². The van der Waals surface area contributed by atoms with Crippen molar-refractivity contribution in [1.82, 2.24) is 4.57 Å². The molecular formula is C15H10F2N2O2. The first-order valence-corrected chi connectivity index (χ1v) is 6.18. The number of nitrogens with zero attached hydrogens (tertiary/aromatic N) is 2. The number of rotatable bonds is 3. The van der Waals surface area contributed by atoms with E-state index in [1.807, 2.05) is 0 Å². The first-order chi connectivity index (χ1) is 10.1. The molecule has 0 fully saturated rings. The first kappa shape index (κ1) is 13.2. The Balaban J connectivity index is 2.15. The van der Waals surface area contributed by atoms with Crippen molar-refractivity contribution in [2.75, 3.05) is 0 Å². The molecule has 106 valence electrons. The van der Waals surface area contributed by atoms with Gasteiger partial charge in [0.05, 0.1) is 12.1 Å². The molecular weight excluding hydrogens is 278 g/mol. The Kier molecular flexibility index (Phi) is 3.13. The second-order valence-electron chi connectivity index (χ2n) is 4.64. The normalized spacial score (nSPS) is 11.0. The number of benzene rings is 2. The molecule has 3 rings (SSSR count). The zero-order valence-corrected chi connectivity index (χ0v) is 10.8. The molecule has 0 radical (unpaired) electrons. The van der Waals surface area contributed by atoms with Crippen LogP contribution < -0.4 is 0 Å². The molecule has 1 aromatic heterocycles. The number of hydrogen-bond donors (Lipinski definition) is 1. The van der Waals surface area contributed by atoms with Gasteiger partial charge in [0.2, 0.25) is 5.88 Å². The summed E-state index contributed by atoms with van der Waals surface area (Å²) >= 11 is 0. The zero-order chi connectivity index (χ0) is 15.0. The summed E-state index contributed by atoms with van der Waals surface area (Å²) in [5, 5.41) is 13.1. The lowest BCUT2D eigenvalue weighted by Gasteiger charge is -2.07. The molecule has 1 N–H and O–H groups in total. The average Bonchev–Trinajstić information content (AvgIpc) is 2.73. The Morgan fingerprint density at radius 3 is 2.38 bits per heavy atom. The number of fused-ring (bicyclic) bond motifs is 1. The fourth-order valence-electron chi connectivity index (χ4n) is 2.32. The van der Waals surface area contributed by atoms with E-state index < -0.39 is 5.82 Å². The van der Waals surface area contributed by atoms with Crippen molar-refractivity contribution in [1.29, 1.82) is 0 Å². The van der Waals surface area contributed by atoms with Crippen molar-refractivity contribution in [2.24, 2.45) is 5.18 Å². The van der Waals surface area contributed by atoms with Crippen LogP contribution >= 0.6 is 0 Å². The van der Waals surface area contributed by atoms with Crippen LogP contribution in [0.25, 0.3) is 10.9 Å². The summed E-state index contributed by atoms with van der Waals surface area (Å²) in [5.41, 5.74) is 1.00. The minimum absolute atomic E-state index is 0.202. The highest BCUT2D eigenvalue weighted by atomic mass is 19.1. The van der Waals surface area contributed by atoms with Gasteiger partial charge in [-0.25, -0.2) is 8.78 Å². The van der Waals surface area contributed by atoms with Gasteiger partial charge in [-0.3, -0.25) is 0 Å². The topological polar surface area (TPSA) is 54.6 Å². The van der Waals surface area contributed by atoms with E-state index in [-0.39, 0.29) is 29.3 Å². The Labute approximate surface area is 118 Å². The van der Waals surface area contributed by atoms with Crippen molar-refractivity contribution < 1.29 is 13.9 Å². The summed E-state index contributed by atoms with van der Waals surface area (Å²) in [6.07, 6.45) is 0. The van der Waals surface area contributed by atoms with E-state index in [0.717, 1.165) is 11.6 Å². The van der Waals surface area contributed by atoms with Gasteiger partial charge in [0.1, 0.15) is 11.6 Å². The van der Waals surface area contributed by atoms with Crippen LogP contribution in [0.5, 0.6) is 5.88 Å². The van der Waals surface area contributed by atoms with Crippen molar-refractivity contribution in [3.63, 3.8) is 0 Å². The first-order valence-electron chi connectivity index (χ1n) is 6.18. The monoisotopic (exact) mass is 288 g/mol. The van der Waals surface area contributed by atoms with Crippen molar-refractivity contribution in [3.05, 3.63) is 64.6 Å². The lowest BCUT2D eigenvalue weighted by Crippen LogP contribution is -1.98. The fraction of sp³-hybridized carbons (Fsp3) is 0.0667. The quantitative estimate of drug-likeness (QED) is 0.738. The van der Waals surface area contributed by atoms with E-state index in [0.29, 0.717) is 5.52 Å². The fourth-order valence-corrected chi connectivity index (χ4v) is 2.32. The van der Waals surface area contributed by atoms with Crippen LogP contribution in [0.2, 0.25) is 0 Å². The standard InChI is InChI=1S/C15H10F2N2O2/c16-10-3-1-9(2-4-10)8-19-13-6-5-11(17)7-12(13)14(18-21)15(19)20/h1-7,20H,8H2. The third-order valence-electron chi connectivity index (χ3n) is 3.32. The zero-order valence-electron chi connectivity index (χ0n) is 10.8. The van der Waals surface area contributed by atoms with Crippen molar-refractivity contribution in [3.8, 4) is 5.88 Å². The molecule has 0 saturated heterocycles. The molecule has 2 aromatic carbocycles. The maximum Gasteiger partial charge on any atom is 0.222 e. The maximum atomic E-state index is 13.3. The molecule has 4 nitrogen and oxygen atoms in total. The van der Waals surface area contributed by atoms with Crippen molar-refractivity contribution >= 4 is 16.6 Å². The van der Waals surface area contributed by atoms with E-state index in [2.05, 4.69) is 5.18 Å². The van der Waals surface area contributed by atoms with E-state index in [4.69, 9.17) is 0 Å². The molecule has 0 atom stereocenters. The Morgan fingerprint density at radius 2 is 1.71 bits per heavy atom. The molecule has 0 saturated carbocycles. The van der Waals surface area contributed by atoms with Gasteiger partial charge in [-0.2, -0.15) is 0 Å². The van der Waals surface area contributed by atoms with Gasteiger partial charge in [-0.05, 0) is 41.1 Å². The summed E-state index contributed by atoms with van der Waals surface area (Å²) in [6, 6.07) is 9.58. The Bertz CT molecular complexity index is 826. The van der Waals surface area contributed by atoms with E-state index in [9.17, 15) is 18.8 Å². The largest absolute Gasteiger partial charge is 0.493 e. The summed E-state index contributed by atoms with van der Waals surface area (Å²) < 4.78 is 27.6. The summed E-state index contributed by atoms with van der Waals surface area (Å²) in [4.78, 5) is 10.9. The molecule has 6 heteroatoms. The summed E-state index contributed by atoms with van der Waals surface area (Å²) in [5.74, 6) is -1.22. The van der Waals surface area contributed by atoms with Crippen LogP contribution in [0, 0.1) is 16.5 Å². The van der Waals surface area contributed by atoms with Crippen LogP contribution in [-0.4, -0.2) is 9.67 Å². The van der Waals surface area contributed by atoms with Gasteiger partial charge in [0, 0.05) is 5.39 Å². The van der Waals surface area contributed by atoms with Crippen LogP contribution in [0.4, 0.5) is 14.5 Å². The molecule has 0 unspecified atom stereocenters. The molecule has 3 aromatic rings. The smallest absolute Gasteiger partial charge is 0.222 e. The highest BCUT2D eigenvalue weighted by Gasteiger charge is 2.18. The molecule has 0 bridgehead atoms. The number of halogens is 2. The second-order valence-corrected chi connectivity index (χ2v) is 4.64. The predicted molar refractivity (Wildman–Crippen MR) is 74.5 cm³/mol. The molecule has 0 spiro atoms. The lowest BCUT2D eigenvalue weighted by atomic mass is 10.2. The van der Waals surface area contributed by atoms with E-state index in [1.54, 1.807) is 12.1 Å². The van der Waals surface area contributed by atoms with Gasteiger partial charge in [-0.1, -0.05) is 12.1 Å². The molecule has 1 heterocycles. The van der Waals surface area contributed by atoms with Crippen LogP contribution in [0.1, 0.15) is 5.56 Å². The number of hydrogen-bond acceptors (Lipinski definition) is 3. The van der Waals surface area contributed by atoms with Crippen LogP contribution in [0.15, 0.2) is 47.6 Å².